The molecule has 6 heteroatoms. The van der Waals surface area contributed by atoms with E-state index in [9.17, 15) is 9.59 Å². The predicted molar refractivity (Wildman–Crippen MR) is 91.3 cm³/mol. The summed E-state index contributed by atoms with van der Waals surface area (Å²) >= 11 is 11.7. The van der Waals surface area contributed by atoms with Crippen molar-refractivity contribution >= 4 is 40.8 Å². The molecular formula is C17H15Cl2NO3. The van der Waals surface area contributed by atoms with Crippen molar-refractivity contribution in [1.29, 1.82) is 0 Å². The first-order valence-electron chi connectivity index (χ1n) is 6.86. The number of carbonyl (C=O) groups excluding carboxylic acids is 2. The number of amides is 1. The summed E-state index contributed by atoms with van der Waals surface area (Å²) in [5, 5.41) is 3.34. The lowest BCUT2D eigenvalue weighted by Crippen LogP contribution is -2.21. The zero-order chi connectivity index (χ0) is 17.0. The lowest BCUT2D eigenvalue weighted by atomic mass is 10.1. The highest BCUT2D eigenvalue weighted by atomic mass is 35.5. The summed E-state index contributed by atoms with van der Waals surface area (Å²) in [5.74, 6) is -1.02. The molecule has 0 saturated carbocycles. The van der Waals surface area contributed by atoms with Gasteiger partial charge in [-0.1, -0.05) is 40.9 Å². The van der Waals surface area contributed by atoms with Crippen LogP contribution in [0.3, 0.4) is 0 Å². The molecule has 0 fully saturated rings. The van der Waals surface area contributed by atoms with Gasteiger partial charge in [-0.15, -0.1) is 0 Å². The lowest BCUT2D eigenvalue weighted by molar-refractivity contribution is -0.119. The van der Waals surface area contributed by atoms with Gasteiger partial charge in [0.25, 0.3) is 5.91 Å². The van der Waals surface area contributed by atoms with E-state index in [1.165, 1.54) is 6.07 Å². The molecule has 23 heavy (non-hydrogen) atoms. The monoisotopic (exact) mass is 351 g/mol. The van der Waals surface area contributed by atoms with Crippen molar-refractivity contribution in [1.82, 2.24) is 0 Å². The van der Waals surface area contributed by atoms with Crippen LogP contribution in [-0.2, 0) is 9.53 Å². The van der Waals surface area contributed by atoms with Gasteiger partial charge in [-0.05, 0) is 43.7 Å². The summed E-state index contributed by atoms with van der Waals surface area (Å²) < 4.78 is 5.03. The SMILES string of the molecule is Cc1ccc(C(=O)OCC(=O)Nc2ccc(Cl)cc2Cl)c(C)c1. The number of nitrogens with one attached hydrogen (secondary N) is 1. The summed E-state index contributed by atoms with van der Waals surface area (Å²) in [6.07, 6.45) is 0. The third-order valence-corrected chi connectivity index (χ3v) is 3.69. The molecule has 0 unspecified atom stereocenters. The Balaban J connectivity index is 1.94. The maximum atomic E-state index is 12.0. The van der Waals surface area contributed by atoms with Crippen molar-refractivity contribution in [3.8, 4) is 0 Å². The number of rotatable bonds is 4. The molecule has 120 valence electrons. The van der Waals surface area contributed by atoms with Gasteiger partial charge < -0.3 is 10.1 Å². The van der Waals surface area contributed by atoms with Crippen molar-refractivity contribution < 1.29 is 14.3 Å². The maximum absolute atomic E-state index is 12.0. The number of hydrogen-bond donors (Lipinski definition) is 1. The van der Waals surface area contributed by atoms with Crippen LogP contribution in [0.15, 0.2) is 36.4 Å². The first-order chi connectivity index (χ1) is 10.9. The molecule has 1 N–H and O–H groups in total. The van der Waals surface area contributed by atoms with E-state index in [1.807, 2.05) is 26.0 Å². The molecule has 0 aliphatic rings. The molecule has 4 nitrogen and oxygen atoms in total. The van der Waals surface area contributed by atoms with Gasteiger partial charge in [0, 0.05) is 5.02 Å². The largest absolute Gasteiger partial charge is 0.452 e. The fraction of sp³-hybridized carbons (Fsp3) is 0.176. The Kier molecular flexibility index (Phi) is 5.64. The van der Waals surface area contributed by atoms with Crippen LogP contribution in [-0.4, -0.2) is 18.5 Å². The predicted octanol–water partition coefficient (Wildman–Crippen LogP) is 4.41. The third-order valence-electron chi connectivity index (χ3n) is 3.14. The van der Waals surface area contributed by atoms with E-state index in [0.717, 1.165) is 11.1 Å². The molecule has 0 atom stereocenters. The van der Waals surface area contributed by atoms with Gasteiger partial charge in [0.1, 0.15) is 0 Å². The zero-order valence-electron chi connectivity index (χ0n) is 12.7. The summed E-state index contributed by atoms with van der Waals surface area (Å²) in [4.78, 5) is 23.8. The average Bonchev–Trinajstić information content (AvgIpc) is 2.48. The van der Waals surface area contributed by atoms with E-state index in [-0.39, 0.29) is 0 Å². The van der Waals surface area contributed by atoms with Gasteiger partial charge in [0.15, 0.2) is 6.61 Å². The van der Waals surface area contributed by atoms with Gasteiger partial charge >= 0.3 is 5.97 Å². The number of halogens is 2. The molecule has 0 aromatic heterocycles. The minimum Gasteiger partial charge on any atom is -0.452 e. The Labute approximate surface area is 144 Å². The standard InChI is InChI=1S/C17H15Cl2NO3/c1-10-3-5-13(11(2)7-10)17(22)23-9-16(21)20-15-6-4-12(18)8-14(15)19/h3-8H,9H2,1-2H3,(H,20,21). The van der Waals surface area contributed by atoms with Crippen LogP contribution in [0, 0.1) is 13.8 Å². The van der Waals surface area contributed by atoms with Crippen molar-refractivity contribution in [3.05, 3.63) is 63.1 Å². The Morgan fingerprint density at radius 3 is 2.48 bits per heavy atom. The molecule has 0 bridgehead atoms. The minimum absolute atomic E-state index is 0.312. The van der Waals surface area contributed by atoms with E-state index in [0.29, 0.717) is 21.3 Å². The minimum atomic E-state index is -0.542. The zero-order valence-corrected chi connectivity index (χ0v) is 14.2. The van der Waals surface area contributed by atoms with Crippen LogP contribution in [0.5, 0.6) is 0 Å². The first-order valence-corrected chi connectivity index (χ1v) is 7.61. The van der Waals surface area contributed by atoms with E-state index < -0.39 is 18.5 Å². The van der Waals surface area contributed by atoms with E-state index in [4.69, 9.17) is 27.9 Å². The van der Waals surface area contributed by atoms with Gasteiger partial charge in [-0.25, -0.2) is 4.79 Å². The topological polar surface area (TPSA) is 55.4 Å². The Hall–Kier alpha value is -2.04. The number of ether oxygens (including phenoxy) is 1. The number of esters is 1. The normalized spacial score (nSPS) is 10.3. The molecule has 2 rings (SSSR count). The van der Waals surface area contributed by atoms with Crippen molar-refractivity contribution in [2.24, 2.45) is 0 Å². The van der Waals surface area contributed by atoms with Crippen molar-refractivity contribution in [2.75, 3.05) is 11.9 Å². The molecule has 2 aromatic carbocycles. The van der Waals surface area contributed by atoms with Crippen LogP contribution in [0.1, 0.15) is 21.5 Å². The number of carbonyl (C=O) groups is 2. The summed E-state index contributed by atoms with van der Waals surface area (Å²) in [6, 6.07) is 10.1. The second kappa shape index (κ2) is 7.49. The van der Waals surface area contributed by atoms with Crippen LogP contribution in [0.25, 0.3) is 0 Å². The summed E-state index contributed by atoms with van der Waals surface area (Å²) in [6.45, 7) is 3.35. The highest BCUT2D eigenvalue weighted by Gasteiger charge is 2.13. The van der Waals surface area contributed by atoms with Gasteiger partial charge in [0.05, 0.1) is 16.3 Å². The van der Waals surface area contributed by atoms with Crippen LogP contribution in [0.2, 0.25) is 10.0 Å². The molecule has 2 aromatic rings. The highest BCUT2D eigenvalue weighted by molar-refractivity contribution is 6.36. The van der Waals surface area contributed by atoms with Gasteiger partial charge in [-0.2, -0.15) is 0 Å². The smallest absolute Gasteiger partial charge is 0.338 e. The second-order valence-corrected chi connectivity index (χ2v) is 5.91. The molecule has 0 aliphatic heterocycles. The van der Waals surface area contributed by atoms with E-state index in [1.54, 1.807) is 18.2 Å². The number of anilines is 1. The highest BCUT2D eigenvalue weighted by Crippen LogP contribution is 2.25. The molecule has 1 amide bonds. The Bertz CT molecular complexity index is 759. The van der Waals surface area contributed by atoms with Gasteiger partial charge in [0.2, 0.25) is 0 Å². The summed E-state index contributed by atoms with van der Waals surface area (Å²) in [7, 11) is 0. The van der Waals surface area contributed by atoms with E-state index in [2.05, 4.69) is 5.32 Å². The quantitative estimate of drug-likeness (QED) is 0.830. The molecular weight excluding hydrogens is 337 g/mol. The third kappa shape index (κ3) is 4.71. The molecule has 0 radical (unpaired) electrons. The molecule has 0 heterocycles. The van der Waals surface area contributed by atoms with Gasteiger partial charge in [-0.3, -0.25) is 4.79 Å². The molecule has 0 aliphatic carbocycles. The fourth-order valence-electron chi connectivity index (χ4n) is 2.03. The molecule has 0 spiro atoms. The van der Waals surface area contributed by atoms with Crippen molar-refractivity contribution in [2.45, 2.75) is 13.8 Å². The number of hydrogen-bond acceptors (Lipinski definition) is 3. The average molecular weight is 352 g/mol. The van der Waals surface area contributed by atoms with Crippen LogP contribution >= 0.6 is 23.2 Å². The number of aryl methyl sites for hydroxylation is 2. The van der Waals surface area contributed by atoms with Crippen molar-refractivity contribution in [3.63, 3.8) is 0 Å². The van der Waals surface area contributed by atoms with E-state index >= 15 is 0 Å². The lowest BCUT2D eigenvalue weighted by Gasteiger charge is -2.09. The first kappa shape index (κ1) is 17.3. The number of benzene rings is 2. The van der Waals surface area contributed by atoms with Crippen LogP contribution < -0.4 is 5.32 Å². The maximum Gasteiger partial charge on any atom is 0.338 e. The molecule has 0 saturated heterocycles. The second-order valence-electron chi connectivity index (χ2n) is 5.07. The van der Waals surface area contributed by atoms with Crippen LogP contribution in [0.4, 0.5) is 5.69 Å². The summed E-state index contributed by atoms with van der Waals surface area (Å²) in [5.41, 5.74) is 2.70. The fourth-order valence-corrected chi connectivity index (χ4v) is 2.48. The Morgan fingerprint density at radius 2 is 1.83 bits per heavy atom. The Morgan fingerprint density at radius 1 is 1.09 bits per heavy atom.